The SMILES string of the molecule is COCCOCCNC1CC(C)(C)OC1(C)C. The minimum absolute atomic E-state index is 0.0297. The zero-order valence-electron chi connectivity index (χ0n) is 11.8. The first-order chi connectivity index (χ1) is 7.87. The van der Waals surface area contributed by atoms with E-state index in [1.165, 1.54) is 0 Å². The van der Waals surface area contributed by atoms with Crippen molar-refractivity contribution < 1.29 is 14.2 Å². The predicted octanol–water partition coefficient (Wildman–Crippen LogP) is 1.59. The number of hydrogen-bond donors (Lipinski definition) is 1. The zero-order valence-corrected chi connectivity index (χ0v) is 11.8. The van der Waals surface area contributed by atoms with Crippen molar-refractivity contribution in [1.29, 1.82) is 0 Å². The van der Waals surface area contributed by atoms with Crippen LogP contribution in [0.2, 0.25) is 0 Å². The van der Waals surface area contributed by atoms with Crippen LogP contribution in [0.5, 0.6) is 0 Å². The molecular weight excluding hydrogens is 218 g/mol. The van der Waals surface area contributed by atoms with E-state index in [2.05, 4.69) is 33.0 Å². The Bertz CT molecular complexity index is 229. The van der Waals surface area contributed by atoms with E-state index in [4.69, 9.17) is 14.2 Å². The van der Waals surface area contributed by atoms with Crippen molar-refractivity contribution in [3.05, 3.63) is 0 Å². The molecular formula is C13H27NO3. The third kappa shape index (κ3) is 4.92. The van der Waals surface area contributed by atoms with Crippen molar-refractivity contribution in [3.63, 3.8) is 0 Å². The van der Waals surface area contributed by atoms with E-state index in [0.717, 1.165) is 19.6 Å². The summed E-state index contributed by atoms with van der Waals surface area (Å²) >= 11 is 0. The second kappa shape index (κ2) is 6.14. The molecule has 0 saturated carbocycles. The van der Waals surface area contributed by atoms with Gasteiger partial charge in [-0.3, -0.25) is 0 Å². The van der Waals surface area contributed by atoms with E-state index in [9.17, 15) is 0 Å². The number of hydrogen-bond acceptors (Lipinski definition) is 4. The van der Waals surface area contributed by atoms with E-state index in [1.54, 1.807) is 7.11 Å². The monoisotopic (exact) mass is 245 g/mol. The van der Waals surface area contributed by atoms with Crippen LogP contribution < -0.4 is 5.32 Å². The maximum atomic E-state index is 6.02. The highest BCUT2D eigenvalue weighted by Crippen LogP contribution is 2.36. The van der Waals surface area contributed by atoms with Gasteiger partial charge < -0.3 is 19.5 Å². The molecule has 1 saturated heterocycles. The third-order valence-corrected chi connectivity index (χ3v) is 3.14. The Morgan fingerprint density at radius 3 is 2.41 bits per heavy atom. The van der Waals surface area contributed by atoms with Gasteiger partial charge in [-0.25, -0.2) is 0 Å². The second-order valence-electron chi connectivity index (χ2n) is 5.78. The van der Waals surface area contributed by atoms with Crippen LogP contribution in [0.3, 0.4) is 0 Å². The fraction of sp³-hybridized carbons (Fsp3) is 1.00. The average molecular weight is 245 g/mol. The standard InChI is InChI=1S/C13H27NO3/c1-12(2)10-11(13(3,4)17-12)14-6-7-16-9-8-15-5/h11,14H,6-10H2,1-5H3. The zero-order chi connectivity index (χ0) is 12.9. The lowest BCUT2D eigenvalue weighted by atomic mass is 9.94. The summed E-state index contributed by atoms with van der Waals surface area (Å²) in [6.45, 7) is 11.5. The quantitative estimate of drug-likeness (QED) is 0.691. The van der Waals surface area contributed by atoms with Gasteiger partial charge in [-0.1, -0.05) is 0 Å². The highest BCUT2D eigenvalue weighted by Gasteiger charge is 2.45. The Morgan fingerprint density at radius 2 is 1.88 bits per heavy atom. The van der Waals surface area contributed by atoms with Gasteiger partial charge in [0.1, 0.15) is 0 Å². The molecule has 0 aromatic rings. The lowest BCUT2D eigenvalue weighted by Gasteiger charge is -2.27. The van der Waals surface area contributed by atoms with Crippen molar-refractivity contribution in [3.8, 4) is 0 Å². The first-order valence-corrected chi connectivity index (χ1v) is 6.38. The van der Waals surface area contributed by atoms with Gasteiger partial charge in [0.05, 0.1) is 31.0 Å². The molecule has 1 heterocycles. The van der Waals surface area contributed by atoms with Crippen LogP contribution in [-0.4, -0.2) is 50.7 Å². The predicted molar refractivity (Wildman–Crippen MR) is 68.3 cm³/mol. The number of rotatable bonds is 7. The van der Waals surface area contributed by atoms with Crippen molar-refractivity contribution in [1.82, 2.24) is 5.32 Å². The van der Waals surface area contributed by atoms with E-state index in [-0.39, 0.29) is 11.2 Å². The first kappa shape index (κ1) is 14.9. The largest absolute Gasteiger partial charge is 0.382 e. The van der Waals surface area contributed by atoms with Gasteiger partial charge in [0.2, 0.25) is 0 Å². The molecule has 1 rings (SSSR count). The summed E-state index contributed by atoms with van der Waals surface area (Å²) in [6.07, 6.45) is 1.04. The topological polar surface area (TPSA) is 39.7 Å². The summed E-state index contributed by atoms with van der Waals surface area (Å²) < 4.78 is 16.4. The Kier molecular flexibility index (Phi) is 5.38. The van der Waals surface area contributed by atoms with Gasteiger partial charge in [0, 0.05) is 19.7 Å². The van der Waals surface area contributed by atoms with Gasteiger partial charge in [0.15, 0.2) is 0 Å². The molecule has 102 valence electrons. The average Bonchev–Trinajstić information content (AvgIpc) is 2.40. The summed E-state index contributed by atoms with van der Waals surface area (Å²) in [7, 11) is 1.68. The molecule has 1 N–H and O–H groups in total. The Balaban J connectivity index is 2.19. The molecule has 0 aromatic carbocycles. The molecule has 1 aliphatic rings. The molecule has 1 aliphatic heterocycles. The molecule has 0 amide bonds. The molecule has 0 spiro atoms. The lowest BCUT2D eigenvalue weighted by molar-refractivity contribution is -0.0700. The minimum atomic E-state index is -0.101. The summed E-state index contributed by atoms with van der Waals surface area (Å²) in [5.74, 6) is 0. The van der Waals surface area contributed by atoms with Gasteiger partial charge in [-0.05, 0) is 34.1 Å². The smallest absolute Gasteiger partial charge is 0.0787 e. The first-order valence-electron chi connectivity index (χ1n) is 6.38. The summed E-state index contributed by atoms with van der Waals surface area (Å²) in [6, 6.07) is 0.392. The van der Waals surface area contributed by atoms with Crippen LogP contribution >= 0.6 is 0 Å². The molecule has 1 atom stereocenters. The highest BCUT2D eigenvalue weighted by atomic mass is 16.5. The van der Waals surface area contributed by atoms with Gasteiger partial charge in [0.25, 0.3) is 0 Å². The normalized spacial score (nSPS) is 26.3. The van der Waals surface area contributed by atoms with E-state index >= 15 is 0 Å². The van der Waals surface area contributed by atoms with Crippen molar-refractivity contribution >= 4 is 0 Å². The maximum absolute atomic E-state index is 6.02. The molecule has 4 heteroatoms. The minimum Gasteiger partial charge on any atom is -0.382 e. The molecule has 1 unspecified atom stereocenters. The van der Waals surface area contributed by atoms with Gasteiger partial charge in [-0.2, -0.15) is 0 Å². The molecule has 1 fully saturated rings. The molecule has 0 aliphatic carbocycles. The fourth-order valence-electron chi connectivity index (χ4n) is 2.43. The maximum Gasteiger partial charge on any atom is 0.0787 e. The number of methoxy groups -OCH3 is 1. The Hall–Kier alpha value is -0.160. The molecule has 0 radical (unpaired) electrons. The van der Waals surface area contributed by atoms with E-state index in [0.29, 0.717) is 19.3 Å². The van der Waals surface area contributed by atoms with Gasteiger partial charge in [-0.15, -0.1) is 0 Å². The summed E-state index contributed by atoms with van der Waals surface area (Å²) in [5.41, 5.74) is -0.131. The van der Waals surface area contributed by atoms with E-state index < -0.39 is 0 Å². The molecule has 4 nitrogen and oxygen atoms in total. The lowest BCUT2D eigenvalue weighted by Crippen LogP contribution is -2.44. The van der Waals surface area contributed by atoms with E-state index in [1.807, 2.05) is 0 Å². The Labute approximate surface area is 105 Å². The van der Waals surface area contributed by atoms with Gasteiger partial charge >= 0.3 is 0 Å². The van der Waals surface area contributed by atoms with Crippen LogP contribution in [0.15, 0.2) is 0 Å². The molecule has 0 bridgehead atoms. The van der Waals surface area contributed by atoms with Crippen molar-refractivity contribution in [2.45, 2.75) is 51.4 Å². The van der Waals surface area contributed by atoms with Crippen LogP contribution in [0.4, 0.5) is 0 Å². The van der Waals surface area contributed by atoms with Crippen LogP contribution in [-0.2, 0) is 14.2 Å². The third-order valence-electron chi connectivity index (χ3n) is 3.14. The van der Waals surface area contributed by atoms with Crippen LogP contribution in [0, 0.1) is 0 Å². The highest BCUT2D eigenvalue weighted by molar-refractivity contribution is 4.98. The second-order valence-corrected chi connectivity index (χ2v) is 5.78. The number of ether oxygens (including phenoxy) is 3. The molecule has 0 aromatic heterocycles. The Morgan fingerprint density at radius 1 is 1.18 bits per heavy atom. The van der Waals surface area contributed by atoms with Crippen molar-refractivity contribution in [2.24, 2.45) is 0 Å². The van der Waals surface area contributed by atoms with Crippen LogP contribution in [0.1, 0.15) is 34.1 Å². The summed E-state index contributed by atoms with van der Waals surface area (Å²) in [5, 5.41) is 3.51. The summed E-state index contributed by atoms with van der Waals surface area (Å²) in [4.78, 5) is 0. The van der Waals surface area contributed by atoms with Crippen molar-refractivity contribution in [2.75, 3.05) is 33.5 Å². The van der Waals surface area contributed by atoms with Crippen LogP contribution in [0.25, 0.3) is 0 Å². The fourth-order valence-corrected chi connectivity index (χ4v) is 2.43. The molecule has 17 heavy (non-hydrogen) atoms. The number of nitrogens with one attached hydrogen (secondary N) is 1.